The lowest BCUT2D eigenvalue weighted by Crippen LogP contribution is -2.23. The fourth-order valence-corrected chi connectivity index (χ4v) is 2.23. The van der Waals surface area contributed by atoms with Crippen molar-refractivity contribution in [1.29, 1.82) is 0 Å². The lowest BCUT2D eigenvalue weighted by molar-refractivity contribution is 0.483. The zero-order chi connectivity index (χ0) is 13.1. The second-order valence-corrected chi connectivity index (χ2v) is 4.57. The highest BCUT2D eigenvalue weighted by atomic mass is 16.3. The molecule has 2 aromatic heterocycles. The third-order valence-electron chi connectivity index (χ3n) is 2.97. The Balaban J connectivity index is 2.20. The van der Waals surface area contributed by atoms with Crippen LogP contribution < -0.4 is 5.32 Å². The number of aryl methyl sites for hydroxylation is 3. The Bertz CT molecular complexity index is 515. The van der Waals surface area contributed by atoms with Crippen LogP contribution in [-0.2, 0) is 13.5 Å². The molecule has 1 N–H and O–H groups in total. The first-order chi connectivity index (χ1) is 8.60. The average Bonchev–Trinajstić information content (AvgIpc) is 2.84. The molecule has 98 valence electrons. The first-order valence-electron chi connectivity index (χ1n) is 6.25. The van der Waals surface area contributed by atoms with Crippen molar-refractivity contribution in [3.63, 3.8) is 0 Å². The highest BCUT2D eigenvalue weighted by molar-refractivity contribution is 5.25. The van der Waals surface area contributed by atoms with Gasteiger partial charge in [0.15, 0.2) is 0 Å². The summed E-state index contributed by atoms with van der Waals surface area (Å²) in [5, 5.41) is 11.6. The van der Waals surface area contributed by atoms with E-state index in [4.69, 9.17) is 4.42 Å². The van der Waals surface area contributed by atoms with E-state index in [1.54, 1.807) is 4.68 Å². The standard InChI is InChI=1S/C13H20N4O/c1-5-14-13(7-11-8-17(4)16-15-11)12-6-9(2)18-10(12)3/h6,8,13-14H,5,7H2,1-4H3. The minimum Gasteiger partial charge on any atom is -0.466 e. The Kier molecular flexibility index (Phi) is 3.81. The molecule has 0 aliphatic carbocycles. The molecule has 0 aliphatic heterocycles. The maximum atomic E-state index is 5.60. The van der Waals surface area contributed by atoms with Crippen LogP contribution in [0.4, 0.5) is 0 Å². The van der Waals surface area contributed by atoms with Crippen molar-refractivity contribution in [3.05, 3.63) is 35.0 Å². The normalized spacial score (nSPS) is 12.9. The van der Waals surface area contributed by atoms with Crippen molar-refractivity contribution in [3.8, 4) is 0 Å². The molecule has 0 saturated carbocycles. The topological polar surface area (TPSA) is 55.9 Å². The number of likely N-dealkylation sites (N-methyl/N-ethyl adjacent to an activating group) is 1. The van der Waals surface area contributed by atoms with E-state index in [1.165, 1.54) is 5.56 Å². The summed E-state index contributed by atoms with van der Waals surface area (Å²) in [4.78, 5) is 0. The molecule has 2 rings (SSSR count). The smallest absolute Gasteiger partial charge is 0.105 e. The Hall–Kier alpha value is -1.62. The molecule has 2 aromatic rings. The van der Waals surface area contributed by atoms with Gasteiger partial charge in [-0.3, -0.25) is 4.68 Å². The first kappa shape index (κ1) is 12.8. The molecule has 0 aliphatic rings. The van der Waals surface area contributed by atoms with Crippen LogP contribution in [0.15, 0.2) is 16.7 Å². The van der Waals surface area contributed by atoms with Crippen LogP contribution in [-0.4, -0.2) is 21.5 Å². The quantitative estimate of drug-likeness (QED) is 0.878. The van der Waals surface area contributed by atoms with Gasteiger partial charge in [-0.15, -0.1) is 5.10 Å². The summed E-state index contributed by atoms with van der Waals surface area (Å²) in [5.41, 5.74) is 2.20. The number of rotatable bonds is 5. The Labute approximate surface area is 107 Å². The molecule has 18 heavy (non-hydrogen) atoms. The SMILES string of the molecule is CCNC(Cc1cn(C)nn1)c1cc(C)oc1C. The number of aromatic nitrogens is 3. The summed E-state index contributed by atoms with van der Waals surface area (Å²) < 4.78 is 7.33. The Morgan fingerprint density at radius 1 is 1.44 bits per heavy atom. The maximum Gasteiger partial charge on any atom is 0.105 e. The van der Waals surface area contributed by atoms with E-state index < -0.39 is 0 Å². The summed E-state index contributed by atoms with van der Waals surface area (Å²) in [5.74, 6) is 1.92. The predicted molar refractivity (Wildman–Crippen MR) is 69.3 cm³/mol. The highest BCUT2D eigenvalue weighted by Gasteiger charge is 2.18. The van der Waals surface area contributed by atoms with E-state index in [1.807, 2.05) is 27.1 Å². The van der Waals surface area contributed by atoms with Gasteiger partial charge in [0, 0.05) is 31.3 Å². The van der Waals surface area contributed by atoms with E-state index in [9.17, 15) is 0 Å². The fourth-order valence-electron chi connectivity index (χ4n) is 2.23. The zero-order valence-electron chi connectivity index (χ0n) is 11.4. The van der Waals surface area contributed by atoms with Crippen molar-refractivity contribution in [2.24, 2.45) is 7.05 Å². The second-order valence-electron chi connectivity index (χ2n) is 4.57. The first-order valence-corrected chi connectivity index (χ1v) is 6.25. The zero-order valence-corrected chi connectivity index (χ0v) is 11.4. The summed E-state index contributed by atoms with van der Waals surface area (Å²) in [6, 6.07) is 2.32. The summed E-state index contributed by atoms with van der Waals surface area (Å²) >= 11 is 0. The lowest BCUT2D eigenvalue weighted by Gasteiger charge is -2.15. The van der Waals surface area contributed by atoms with Crippen LogP contribution in [0.25, 0.3) is 0 Å². The van der Waals surface area contributed by atoms with Crippen LogP contribution in [0, 0.1) is 13.8 Å². The molecule has 0 aromatic carbocycles. The van der Waals surface area contributed by atoms with Crippen molar-refractivity contribution in [2.75, 3.05) is 6.54 Å². The van der Waals surface area contributed by atoms with Crippen molar-refractivity contribution < 1.29 is 4.42 Å². The Morgan fingerprint density at radius 2 is 2.22 bits per heavy atom. The van der Waals surface area contributed by atoms with Crippen LogP contribution >= 0.6 is 0 Å². The van der Waals surface area contributed by atoms with Crippen LogP contribution in [0.3, 0.4) is 0 Å². The van der Waals surface area contributed by atoms with Crippen LogP contribution in [0.1, 0.15) is 35.7 Å². The molecule has 0 bridgehead atoms. The van der Waals surface area contributed by atoms with Gasteiger partial charge in [0.2, 0.25) is 0 Å². The average molecular weight is 248 g/mol. The van der Waals surface area contributed by atoms with Gasteiger partial charge in [-0.05, 0) is 26.5 Å². The molecule has 1 unspecified atom stereocenters. The van der Waals surface area contributed by atoms with Crippen LogP contribution in [0.5, 0.6) is 0 Å². The minimum absolute atomic E-state index is 0.226. The molecule has 5 heteroatoms. The molecule has 0 spiro atoms. The van der Waals surface area contributed by atoms with Gasteiger partial charge in [0.1, 0.15) is 11.5 Å². The second kappa shape index (κ2) is 5.35. The fraction of sp³-hybridized carbons (Fsp3) is 0.538. The van der Waals surface area contributed by atoms with Gasteiger partial charge in [-0.25, -0.2) is 0 Å². The number of nitrogens with zero attached hydrogens (tertiary/aromatic N) is 3. The number of furan rings is 1. The molecule has 0 fully saturated rings. The highest BCUT2D eigenvalue weighted by Crippen LogP contribution is 2.24. The molecule has 0 amide bonds. The largest absolute Gasteiger partial charge is 0.466 e. The maximum absolute atomic E-state index is 5.60. The summed E-state index contributed by atoms with van der Waals surface area (Å²) in [6.07, 6.45) is 2.77. The third kappa shape index (κ3) is 2.79. The molecular formula is C13H20N4O. The number of hydrogen-bond donors (Lipinski definition) is 1. The van der Waals surface area contributed by atoms with Gasteiger partial charge in [0.05, 0.1) is 5.69 Å². The number of hydrogen-bond acceptors (Lipinski definition) is 4. The number of nitrogens with one attached hydrogen (secondary N) is 1. The van der Waals surface area contributed by atoms with E-state index in [2.05, 4.69) is 28.6 Å². The molecule has 5 nitrogen and oxygen atoms in total. The Morgan fingerprint density at radius 3 is 2.72 bits per heavy atom. The van der Waals surface area contributed by atoms with E-state index in [0.717, 1.165) is 30.2 Å². The van der Waals surface area contributed by atoms with Crippen molar-refractivity contribution >= 4 is 0 Å². The monoisotopic (exact) mass is 248 g/mol. The van der Waals surface area contributed by atoms with Gasteiger partial charge in [0.25, 0.3) is 0 Å². The third-order valence-corrected chi connectivity index (χ3v) is 2.97. The molecule has 0 radical (unpaired) electrons. The van der Waals surface area contributed by atoms with Crippen LogP contribution in [0.2, 0.25) is 0 Å². The van der Waals surface area contributed by atoms with Gasteiger partial charge in [-0.1, -0.05) is 12.1 Å². The predicted octanol–water partition coefficient (Wildman–Crippen LogP) is 1.92. The molecule has 0 saturated heterocycles. The minimum atomic E-state index is 0.226. The van der Waals surface area contributed by atoms with Crippen molar-refractivity contribution in [1.82, 2.24) is 20.3 Å². The van der Waals surface area contributed by atoms with Gasteiger partial charge >= 0.3 is 0 Å². The lowest BCUT2D eigenvalue weighted by atomic mass is 10.0. The van der Waals surface area contributed by atoms with Gasteiger partial charge < -0.3 is 9.73 Å². The summed E-state index contributed by atoms with van der Waals surface area (Å²) in [7, 11) is 1.88. The summed E-state index contributed by atoms with van der Waals surface area (Å²) in [6.45, 7) is 6.99. The van der Waals surface area contributed by atoms with Crippen molar-refractivity contribution in [2.45, 2.75) is 33.2 Å². The van der Waals surface area contributed by atoms with Gasteiger partial charge in [-0.2, -0.15) is 0 Å². The van der Waals surface area contributed by atoms with E-state index >= 15 is 0 Å². The van der Waals surface area contributed by atoms with E-state index in [-0.39, 0.29) is 6.04 Å². The molecule has 2 heterocycles. The molecular weight excluding hydrogens is 228 g/mol. The van der Waals surface area contributed by atoms with E-state index in [0.29, 0.717) is 0 Å². The molecule has 1 atom stereocenters.